The number of rotatable bonds is 5. The van der Waals surface area contributed by atoms with Crippen molar-refractivity contribution in [2.45, 2.75) is 18.9 Å². The molecule has 0 radical (unpaired) electrons. The topological polar surface area (TPSA) is 83.6 Å². The van der Waals surface area contributed by atoms with Gasteiger partial charge >= 0.3 is 0 Å². The standard InChI is InChI=1S/C5H11NO4/c7-4-5(8)2-1-3-6(9)10/h5,7-8H,1-4H2. The summed E-state index contributed by atoms with van der Waals surface area (Å²) in [5.74, 6) is 0. The van der Waals surface area contributed by atoms with E-state index in [-0.39, 0.29) is 19.6 Å². The molecule has 1 unspecified atom stereocenters. The Bertz CT molecular complexity index is 106. The van der Waals surface area contributed by atoms with Crippen LogP contribution in [0.25, 0.3) is 0 Å². The van der Waals surface area contributed by atoms with Crippen molar-refractivity contribution in [2.75, 3.05) is 13.2 Å². The van der Waals surface area contributed by atoms with E-state index < -0.39 is 11.0 Å². The monoisotopic (exact) mass is 149 g/mol. The van der Waals surface area contributed by atoms with E-state index in [1.165, 1.54) is 0 Å². The quantitative estimate of drug-likeness (QED) is 0.403. The van der Waals surface area contributed by atoms with Crippen molar-refractivity contribution in [2.24, 2.45) is 0 Å². The number of hydrogen-bond acceptors (Lipinski definition) is 4. The molecule has 5 nitrogen and oxygen atoms in total. The van der Waals surface area contributed by atoms with Gasteiger partial charge in [0, 0.05) is 11.3 Å². The summed E-state index contributed by atoms with van der Waals surface area (Å²) in [6.07, 6.45) is -0.202. The molecule has 0 aliphatic carbocycles. The maximum Gasteiger partial charge on any atom is 0.204 e. The van der Waals surface area contributed by atoms with E-state index in [1.54, 1.807) is 0 Å². The van der Waals surface area contributed by atoms with Crippen molar-refractivity contribution in [3.05, 3.63) is 10.1 Å². The summed E-state index contributed by atoms with van der Waals surface area (Å²) < 4.78 is 0. The Morgan fingerprint density at radius 3 is 2.60 bits per heavy atom. The maximum atomic E-state index is 9.73. The normalized spacial score (nSPS) is 13.0. The Labute approximate surface area is 58.4 Å². The molecule has 0 amide bonds. The highest BCUT2D eigenvalue weighted by molar-refractivity contribution is 4.50. The van der Waals surface area contributed by atoms with E-state index >= 15 is 0 Å². The third-order valence-corrected chi connectivity index (χ3v) is 1.09. The zero-order chi connectivity index (χ0) is 7.98. The van der Waals surface area contributed by atoms with Crippen molar-refractivity contribution < 1.29 is 15.1 Å². The fourth-order valence-corrected chi connectivity index (χ4v) is 0.547. The van der Waals surface area contributed by atoms with Gasteiger partial charge in [-0.2, -0.15) is 0 Å². The molecule has 1 atom stereocenters. The third-order valence-electron chi connectivity index (χ3n) is 1.09. The van der Waals surface area contributed by atoms with Crippen LogP contribution < -0.4 is 0 Å². The summed E-state index contributed by atoms with van der Waals surface area (Å²) in [5, 5.41) is 26.7. The van der Waals surface area contributed by atoms with Crippen LogP contribution in [0.2, 0.25) is 0 Å². The average molecular weight is 149 g/mol. The number of aliphatic hydroxyl groups excluding tert-OH is 2. The summed E-state index contributed by atoms with van der Waals surface area (Å²) >= 11 is 0. The van der Waals surface area contributed by atoms with Crippen LogP contribution in [0.3, 0.4) is 0 Å². The maximum absolute atomic E-state index is 9.73. The highest BCUT2D eigenvalue weighted by Gasteiger charge is 2.03. The second kappa shape index (κ2) is 5.13. The predicted molar refractivity (Wildman–Crippen MR) is 34.2 cm³/mol. The number of aliphatic hydroxyl groups is 2. The molecule has 0 aromatic heterocycles. The lowest BCUT2D eigenvalue weighted by atomic mass is 10.2. The highest BCUT2D eigenvalue weighted by Crippen LogP contribution is 1.95. The van der Waals surface area contributed by atoms with E-state index in [2.05, 4.69) is 0 Å². The first-order chi connectivity index (χ1) is 4.66. The van der Waals surface area contributed by atoms with Gasteiger partial charge in [0.1, 0.15) is 0 Å². The molecule has 0 saturated heterocycles. The fraction of sp³-hybridized carbons (Fsp3) is 1.00. The Kier molecular flexibility index (Phi) is 4.78. The molecule has 0 aliphatic rings. The van der Waals surface area contributed by atoms with Crippen molar-refractivity contribution in [3.63, 3.8) is 0 Å². The SMILES string of the molecule is O=[N+]([O-])CCCC(O)CO. The molecule has 0 bridgehead atoms. The van der Waals surface area contributed by atoms with Crippen LogP contribution >= 0.6 is 0 Å². The fourth-order valence-electron chi connectivity index (χ4n) is 0.547. The molecule has 0 rings (SSSR count). The van der Waals surface area contributed by atoms with Crippen LogP contribution in [0.5, 0.6) is 0 Å². The molecular formula is C5H11NO4. The summed E-state index contributed by atoms with van der Waals surface area (Å²) in [5.41, 5.74) is 0. The van der Waals surface area contributed by atoms with Crippen molar-refractivity contribution in [1.82, 2.24) is 0 Å². The molecule has 2 N–H and O–H groups in total. The van der Waals surface area contributed by atoms with Gasteiger partial charge in [0.05, 0.1) is 12.7 Å². The minimum Gasteiger partial charge on any atom is -0.394 e. The van der Waals surface area contributed by atoms with Gasteiger partial charge in [0.2, 0.25) is 6.54 Å². The smallest absolute Gasteiger partial charge is 0.204 e. The Morgan fingerprint density at radius 1 is 1.60 bits per heavy atom. The van der Waals surface area contributed by atoms with E-state index in [9.17, 15) is 10.1 Å². The van der Waals surface area contributed by atoms with Gasteiger partial charge in [0.15, 0.2) is 0 Å². The van der Waals surface area contributed by atoms with Crippen LogP contribution in [0.4, 0.5) is 0 Å². The van der Waals surface area contributed by atoms with E-state index in [1.807, 2.05) is 0 Å². The van der Waals surface area contributed by atoms with Gasteiger partial charge in [-0.05, 0) is 6.42 Å². The van der Waals surface area contributed by atoms with E-state index in [0.29, 0.717) is 6.42 Å². The second-order valence-corrected chi connectivity index (χ2v) is 2.03. The third kappa shape index (κ3) is 5.46. The van der Waals surface area contributed by atoms with Gasteiger partial charge in [0.25, 0.3) is 0 Å². The lowest BCUT2D eigenvalue weighted by molar-refractivity contribution is -0.480. The summed E-state index contributed by atoms with van der Waals surface area (Å²) in [4.78, 5) is 9.29. The van der Waals surface area contributed by atoms with Gasteiger partial charge in [-0.25, -0.2) is 0 Å². The molecule has 10 heavy (non-hydrogen) atoms. The van der Waals surface area contributed by atoms with E-state index in [0.717, 1.165) is 0 Å². The van der Waals surface area contributed by atoms with Crippen molar-refractivity contribution >= 4 is 0 Å². The highest BCUT2D eigenvalue weighted by atomic mass is 16.6. The molecule has 0 saturated carbocycles. The molecule has 0 aliphatic heterocycles. The second-order valence-electron chi connectivity index (χ2n) is 2.03. The Hall–Kier alpha value is -0.680. The van der Waals surface area contributed by atoms with Gasteiger partial charge in [-0.1, -0.05) is 0 Å². The minimum atomic E-state index is -0.806. The molecule has 0 aromatic rings. The van der Waals surface area contributed by atoms with E-state index in [4.69, 9.17) is 10.2 Å². The number of nitro groups is 1. The summed E-state index contributed by atoms with van der Waals surface area (Å²) in [7, 11) is 0. The lowest BCUT2D eigenvalue weighted by Crippen LogP contribution is -2.13. The first-order valence-corrected chi connectivity index (χ1v) is 3.07. The molecule has 5 heteroatoms. The minimum absolute atomic E-state index is 0.142. The van der Waals surface area contributed by atoms with Crippen molar-refractivity contribution in [1.29, 1.82) is 0 Å². The summed E-state index contributed by atoms with van der Waals surface area (Å²) in [6.45, 7) is -0.464. The molecule has 0 fully saturated rings. The molecule has 0 heterocycles. The van der Waals surface area contributed by atoms with Crippen molar-refractivity contribution in [3.8, 4) is 0 Å². The van der Waals surface area contributed by atoms with Crippen LogP contribution in [0.1, 0.15) is 12.8 Å². The number of hydrogen-bond donors (Lipinski definition) is 2. The Morgan fingerprint density at radius 2 is 2.20 bits per heavy atom. The lowest BCUT2D eigenvalue weighted by Gasteiger charge is -2.02. The molecule has 0 aromatic carbocycles. The first-order valence-electron chi connectivity index (χ1n) is 3.07. The van der Waals surface area contributed by atoms with Crippen LogP contribution in [0, 0.1) is 10.1 Å². The largest absolute Gasteiger partial charge is 0.394 e. The Balaban J connectivity index is 3.11. The zero-order valence-electron chi connectivity index (χ0n) is 5.56. The van der Waals surface area contributed by atoms with Crippen LogP contribution in [0.15, 0.2) is 0 Å². The van der Waals surface area contributed by atoms with Crippen LogP contribution in [-0.2, 0) is 0 Å². The summed E-state index contributed by atoms with van der Waals surface area (Å²) in [6, 6.07) is 0. The van der Waals surface area contributed by atoms with Gasteiger partial charge < -0.3 is 10.2 Å². The average Bonchev–Trinajstić information content (AvgIpc) is 1.87. The molecule has 60 valence electrons. The first kappa shape index (κ1) is 9.32. The molecular weight excluding hydrogens is 138 g/mol. The van der Waals surface area contributed by atoms with Crippen LogP contribution in [-0.4, -0.2) is 34.4 Å². The molecule has 0 spiro atoms. The predicted octanol–water partition coefficient (Wildman–Crippen LogP) is -0.604. The zero-order valence-corrected chi connectivity index (χ0v) is 5.56. The van der Waals surface area contributed by atoms with Gasteiger partial charge in [-0.3, -0.25) is 10.1 Å². The van der Waals surface area contributed by atoms with Gasteiger partial charge in [-0.15, -0.1) is 0 Å². The number of nitrogens with zero attached hydrogens (tertiary/aromatic N) is 1.